The van der Waals surface area contributed by atoms with Crippen molar-refractivity contribution in [1.29, 1.82) is 0 Å². The van der Waals surface area contributed by atoms with Gasteiger partial charge in [-0.2, -0.15) is 5.10 Å². The van der Waals surface area contributed by atoms with Gasteiger partial charge < -0.3 is 5.32 Å². The molecule has 7 nitrogen and oxygen atoms in total. The molecule has 1 amide bonds. The molecule has 1 aromatic carbocycles. The van der Waals surface area contributed by atoms with E-state index >= 15 is 0 Å². The van der Waals surface area contributed by atoms with Crippen LogP contribution in [0.1, 0.15) is 36.6 Å². The van der Waals surface area contributed by atoms with E-state index in [-0.39, 0.29) is 35.5 Å². The number of carbonyl (C=O) groups excluding carboxylic acids is 1. The number of carbonyl (C=O) groups is 1. The molecule has 150 valence electrons. The summed E-state index contributed by atoms with van der Waals surface area (Å²) in [6, 6.07) is 9.72. The second kappa shape index (κ2) is 7.27. The van der Waals surface area contributed by atoms with E-state index in [0.29, 0.717) is 12.2 Å². The zero-order valence-corrected chi connectivity index (χ0v) is 18.0. The molecule has 0 bridgehead atoms. The summed E-state index contributed by atoms with van der Waals surface area (Å²) in [5.74, 6) is 0.633. The molecular formula is C19H23BrN4O3S. The first-order valence-electron chi connectivity index (χ1n) is 9.34. The largest absolute Gasteiger partial charge is 0.310 e. The number of hydrogen-bond donors (Lipinski definition) is 2. The van der Waals surface area contributed by atoms with Crippen LogP contribution >= 0.6 is 15.9 Å². The van der Waals surface area contributed by atoms with Gasteiger partial charge in [-0.25, -0.2) is 13.1 Å². The number of rotatable bonds is 6. The Labute approximate surface area is 172 Å². The van der Waals surface area contributed by atoms with E-state index in [9.17, 15) is 13.2 Å². The molecule has 2 aromatic rings. The standard InChI is InChI=1S/C19H23BrN4O3S/c1-13-10-17(24(23-13)16-6-9-28(26,27)12-16)22-18(25)11-21-19(7-8-19)14-2-4-15(20)5-3-14/h2-5,10,16,21H,6-9,11-12H2,1H3,(H,22,25)/t16-/m0/s1. The van der Waals surface area contributed by atoms with Crippen molar-refractivity contribution in [3.05, 3.63) is 46.1 Å². The maximum absolute atomic E-state index is 12.5. The number of aryl methyl sites for hydroxylation is 1. The van der Waals surface area contributed by atoms with Gasteiger partial charge >= 0.3 is 0 Å². The highest BCUT2D eigenvalue weighted by molar-refractivity contribution is 9.10. The number of nitrogens with one attached hydrogen (secondary N) is 2. The molecule has 0 spiro atoms. The maximum atomic E-state index is 12.5. The quantitative estimate of drug-likeness (QED) is 0.681. The molecule has 0 radical (unpaired) electrons. The molecule has 9 heteroatoms. The fourth-order valence-electron chi connectivity index (χ4n) is 3.75. The van der Waals surface area contributed by atoms with Crippen molar-refractivity contribution in [3.8, 4) is 0 Å². The summed E-state index contributed by atoms with van der Waals surface area (Å²) in [5, 5.41) is 10.7. The number of amides is 1. The van der Waals surface area contributed by atoms with Gasteiger partial charge in [0.1, 0.15) is 5.82 Å². The van der Waals surface area contributed by atoms with Crippen molar-refractivity contribution < 1.29 is 13.2 Å². The van der Waals surface area contributed by atoms with Crippen LogP contribution in [0.15, 0.2) is 34.8 Å². The molecule has 1 aliphatic heterocycles. The van der Waals surface area contributed by atoms with Gasteiger partial charge in [0.2, 0.25) is 5.91 Å². The fraction of sp³-hybridized carbons (Fsp3) is 0.474. The Bertz CT molecular complexity index is 997. The lowest BCUT2D eigenvalue weighted by Crippen LogP contribution is -2.36. The Morgan fingerprint density at radius 1 is 1.32 bits per heavy atom. The monoisotopic (exact) mass is 466 g/mol. The van der Waals surface area contributed by atoms with Crippen molar-refractivity contribution in [2.75, 3.05) is 23.4 Å². The third kappa shape index (κ3) is 4.16. The van der Waals surface area contributed by atoms with Crippen LogP contribution in [0.5, 0.6) is 0 Å². The van der Waals surface area contributed by atoms with Crippen molar-refractivity contribution in [2.45, 2.75) is 37.8 Å². The van der Waals surface area contributed by atoms with E-state index in [1.165, 1.54) is 5.56 Å². The minimum Gasteiger partial charge on any atom is -0.310 e. The van der Waals surface area contributed by atoms with Crippen LogP contribution in [0.4, 0.5) is 5.82 Å². The van der Waals surface area contributed by atoms with Gasteiger partial charge in [0.25, 0.3) is 0 Å². The van der Waals surface area contributed by atoms with Gasteiger partial charge in [-0.1, -0.05) is 28.1 Å². The molecule has 1 atom stereocenters. The Morgan fingerprint density at radius 3 is 2.64 bits per heavy atom. The van der Waals surface area contributed by atoms with Crippen LogP contribution in [0.3, 0.4) is 0 Å². The Hall–Kier alpha value is -1.71. The molecule has 1 saturated heterocycles. The maximum Gasteiger partial charge on any atom is 0.239 e. The van der Waals surface area contributed by atoms with Crippen molar-refractivity contribution in [2.24, 2.45) is 0 Å². The molecule has 28 heavy (non-hydrogen) atoms. The van der Waals surface area contributed by atoms with Crippen molar-refractivity contribution in [1.82, 2.24) is 15.1 Å². The molecular weight excluding hydrogens is 444 g/mol. The van der Waals surface area contributed by atoms with Crippen LogP contribution in [-0.4, -0.2) is 42.2 Å². The van der Waals surface area contributed by atoms with E-state index < -0.39 is 9.84 Å². The van der Waals surface area contributed by atoms with Crippen LogP contribution < -0.4 is 10.6 Å². The lowest BCUT2D eigenvalue weighted by molar-refractivity contribution is -0.115. The second-order valence-corrected chi connectivity index (χ2v) is 10.8. The number of halogens is 1. The van der Waals surface area contributed by atoms with E-state index in [2.05, 4.69) is 43.8 Å². The van der Waals surface area contributed by atoms with Gasteiger partial charge in [-0.15, -0.1) is 0 Å². The number of nitrogens with zero attached hydrogens (tertiary/aromatic N) is 2. The first-order chi connectivity index (χ1) is 13.3. The molecule has 1 saturated carbocycles. The summed E-state index contributed by atoms with van der Waals surface area (Å²) in [6.07, 6.45) is 2.52. The highest BCUT2D eigenvalue weighted by Crippen LogP contribution is 2.45. The summed E-state index contributed by atoms with van der Waals surface area (Å²) in [5.41, 5.74) is 1.80. The van der Waals surface area contributed by atoms with E-state index in [1.807, 2.05) is 19.1 Å². The van der Waals surface area contributed by atoms with Gasteiger partial charge in [0.15, 0.2) is 9.84 Å². The predicted octanol–water partition coefficient (Wildman–Crippen LogP) is 2.53. The van der Waals surface area contributed by atoms with E-state index in [4.69, 9.17) is 0 Å². The van der Waals surface area contributed by atoms with Gasteiger partial charge in [-0.05, 0) is 43.9 Å². The third-order valence-corrected chi connectivity index (χ3v) is 7.69. The molecule has 1 aromatic heterocycles. The second-order valence-electron chi connectivity index (χ2n) is 7.66. The average Bonchev–Trinajstić information content (AvgIpc) is 3.22. The van der Waals surface area contributed by atoms with Crippen LogP contribution in [0.25, 0.3) is 0 Å². The predicted molar refractivity (Wildman–Crippen MR) is 111 cm³/mol. The van der Waals surface area contributed by atoms with Crippen LogP contribution in [0.2, 0.25) is 0 Å². The molecule has 4 rings (SSSR count). The minimum atomic E-state index is -3.02. The van der Waals surface area contributed by atoms with E-state index in [0.717, 1.165) is 23.0 Å². The summed E-state index contributed by atoms with van der Waals surface area (Å²) < 4.78 is 26.3. The van der Waals surface area contributed by atoms with E-state index in [1.54, 1.807) is 10.7 Å². The zero-order valence-electron chi connectivity index (χ0n) is 15.6. The molecule has 2 N–H and O–H groups in total. The minimum absolute atomic E-state index is 0.0713. The average molecular weight is 467 g/mol. The van der Waals surface area contributed by atoms with Gasteiger partial charge in [0, 0.05) is 16.1 Å². The number of benzene rings is 1. The van der Waals surface area contributed by atoms with Crippen molar-refractivity contribution >= 4 is 37.5 Å². The third-order valence-electron chi connectivity index (χ3n) is 5.41. The first kappa shape index (κ1) is 19.6. The highest BCUT2D eigenvalue weighted by Gasteiger charge is 2.44. The lowest BCUT2D eigenvalue weighted by Gasteiger charge is -2.18. The number of hydrogen-bond acceptors (Lipinski definition) is 5. The summed E-state index contributed by atoms with van der Waals surface area (Å²) in [6.45, 7) is 2.02. The number of aromatic nitrogens is 2. The highest BCUT2D eigenvalue weighted by atomic mass is 79.9. The van der Waals surface area contributed by atoms with Crippen LogP contribution in [0, 0.1) is 6.92 Å². The normalized spacial score (nSPS) is 22.1. The summed E-state index contributed by atoms with van der Waals surface area (Å²) in [7, 11) is -3.02. The SMILES string of the molecule is Cc1cc(NC(=O)CNC2(c3ccc(Br)cc3)CC2)n([C@H]2CCS(=O)(=O)C2)n1. The first-order valence-corrected chi connectivity index (χ1v) is 12.0. The molecule has 0 unspecified atom stereocenters. The number of sulfone groups is 1. The smallest absolute Gasteiger partial charge is 0.239 e. The van der Waals surface area contributed by atoms with Gasteiger partial charge in [0.05, 0.1) is 29.8 Å². The Balaban J connectivity index is 1.40. The summed E-state index contributed by atoms with van der Waals surface area (Å²) in [4.78, 5) is 12.5. The van der Waals surface area contributed by atoms with Crippen LogP contribution in [-0.2, 0) is 20.2 Å². The molecule has 2 aliphatic rings. The molecule has 2 heterocycles. The number of anilines is 1. The van der Waals surface area contributed by atoms with Crippen molar-refractivity contribution in [3.63, 3.8) is 0 Å². The Morgan fingerprint density at radius 2 is 2.04 bits per heavy atom. The molecule has 2 fully saturated rings. The zero-order chi connectivity index (χ0) is 19.9. The summed E-state index contributed by atoms with van der Waals surface area (Å²) >= 11 is 3.45. The lowest BCUT2D eigenvalue weighted by atomic mass is 10.1. The molecule has 1 aliphatic carbocycles. The van der Waals surface area contributed by atoms with Gasteiger partial charge in [-0.3, -0.25) is 10.1 Å². The fourth-order valence-corrected chi connectivity index (χ4v) is 5.71. The Kier molecular flexibility index (Phi) is 5.09. The topological polar surface area (TPSA) is 93.1 Å².